The van der Waals surface area contributed by atoms with Gasteiger partial charge in [-0.3, -0.25) is 4.98 Å². The van der Waals surface area contributed by atoms with Crippen molar-refractivity contribution in [2.45, 2.75) is 11.2 Å². The van der Waals surface area contributed by atoms with E-state index in [1.54, 1.807) is 18.0 Å². The third-order valence-electron chi connectivity index (χ3n) is 1.76. The van der Waals surface area contributed by atoms with Crippen LogP contribution in [0.5, 0.6) is 0 Å². The first-order valence-corrected chi connectivity index (χ1v) is 6.09. The Morgan fingerprint density at radius 1 is 1.43 bits per heavy atom. The molecule has 14 heavy (non-hydrogen) atoms. The van der Waals surface area contributed by atoms with Gasteiger partial charge in [0.1, 0.15) is 0 Å². The number of pyridine rings is 1. The Morgan fingerprint density at radius 3 is 2.93 bits per heavy atom. The minimum atomic E-state index is -0.0565. The highest BCUT2D eigenvalue weighted by molar-refractivity contribution is 9.10. The van der Waals surface area contributed by atoms with Crippen LogP contribution in [0.2, 0.25) is 0 Å². The molecule has 0 N–H and O–H groups in total. The van der Waals surface area contributed by atoms with Gasteiger partial charge in [-0.25, -0.2) is 0 Å². The first-order chi connectivity index (χ1) is 6.84. The van der Waals surface area contributed by atoms with E-state index in [1.807, 2.05) is 12.3 Å². The van der Waals surface area contributed by atoms with Gasteiger partial charge in [0.15, 0.2) is 6.29 Å². The lowest BCUT2D eigenvalue weighted by atomic mass is 10.5. The zero-order valence-electron chi connectivity index (χ0n) is 7.48. The molecule has 0 radical (unpaired) electrons. The zero-order valence-corrected chi connectivity index (χ0v) is 9.88. The number of nitrogens with zero attached hydrogens (tertiary/aromatic N) is 1. The van der Waals surface area contributed by atoms with Crippen molar-refractivity contribution in [2.75, 3.05) is 19.0 Å². The summed E-state index contributed by atoms with van der Waals surface area (Å²) in [4.78, 5) is 5.20. The summed E-state index contributed by atoms with van der Waals surface area (Å²) in [6.45, 7) is 1.42. The van der Waals surface area contributed by atoms with Gasteiger partial charge in [-0.15, -0.1) is 11.8 Å². The van der Waals surface area contributed by atoms with Crippen LogP contribution < -0.4 is 0 Å². The van der Waals surface area contributed by atoms with E-state index in [4.69, 9.17) is 9.47 Å². The first-order valence-electron chi connectivity index (χ1n) is 4.31. The predicted octanol–water partition coefficient (Wildman–Crippen LogP) is 2.31. The molecule has 3 nitrogen and oxygen atoms in total. The molecule has 1 aliphatic heterocycles. The molecule has 0 aliphatic carbocycles. The van der Waals surface area contributed by atoms with Crippen molar-refractivity contribution in [1.29, 1.82) is 0 Å². The molecule has 0 spiro atoms. The van der Waals surface area contributed by atoms with E-state index in [9.17, 15) is 0 Å². The molecule has 0 aromatic carbocycles. The summed E-state index contributed by atoms with van der Waals surface area (Å²) in [6, 6.07) is 2.03. The molecule has 0 amide bonds. The molecule has 0 unspecified atom stereocenters. The Labute approximate surface area is 95.3 Å². The Morgan fingerprint density at radius 2 is 2.21 bits per heavy atom. The predicted molar refractivity (Wildman–Crippen MR) is 58.4 cm³/mol. The fraction of sp³-hybridized carbons (Fsp3) is 0.444. The lowest BCUT2D eigenvalue weighted by Gasteiger charge is -2.07. The van der Waals surface area contributed by atoms with E-state index in [0.29, 0.717) is 13.2 Å². The smallest absolute Gasteiger partial charge is 0.167 e. The van der Waals surface area contributed by atoms with Crippen molar-refractivity contribution in [1.82, 2.24) is 4.98 Å². The molecule has 1 aromatic rings. The molecule has 0 bridgehead atoms. The van der Waals surface area contributed by atoms with Gasteiger partial charge in [-0.05, 0) is 22.0 Å². The highest BCUT2D eigenvalue weighted by Gasteiger charge is 2.15. The molecule has 76 valence electrons. The molecular weight excluding hydrogens is 266 g/mol. The van der Waals surface area contributed by atoms with Crippen LogP contribution in [-0.2, 0) is 9.47 Å². The van der Waals surface area contributed by atoms with Crippen LogP contribution in [-0.4, -0.2) is 30.2 Å². The normalized spacial score (nSPS) is 17.5. The molecule has 2 heterocycles. The maximum atomic E-state index is 5.33. The molecule has 5 heteroatoms. The monoisotopic (exact) mass is 275 g/mol. The number of thioether (sulfide) groups is 1. The first kappa shape index (κ1) is 10.4. The van der Waals surface area contributed by atoms with Crippen molar-refractivity contribution >= 4 is 27.7 Å². The van der Waals surface area contributed by atoms with E-state index in [-0.39, 0.29) is 6.29 Å². The quantitative estimate of drug-likeness (QED) is 0.793. The van der Waals surface area contributed by atoms with Crippen molar-refractivity contribution < 1.29 is 9.47 Å². The van der Waals surface area contributed by atoms with Gasteiger partial charge in [0.25, 0.3) is 0 Å². The third-order valence-corrected chi connectivity index (χ3v) is 3.19. The zero-order chi connectivity index (χ0) is 9.80. The third kappa shape index (κ3) is 2.95. The van der Waals surface area contributed by atoms with Crippen LogP contribution in [0.1, 0.15) is 0 Å². The summed E-state index contributed by atoms with van der Waals surface area (Å²) in [5, 5.41) is 0. The number of hydrogen-bond donors (Lipinski definition) is 0. The Kier molecular flexibility index (Phi) is 3.81. The lowest BCUT2D eigenvalue weighted by Crippen LogP contribution is -2.10. The second-order valence-electron chi connectivity index (χ2n) is 2.82. The number of rotatable bonds is 3. The summed E-state index contributed by atoms with van der Waals surface area (Å²) < 4.78 is 11.7. The minimum Gasteiger partial charge on any atom is -0.349 e. The number of ether oxygens (including phenoxy) is 2. The largest absolute Gasteiger partial charge is 0.349 e. The fourth-order valence-corrected chi connectivity index (χ4v) is 2.52. The Balaban J connectivity index is 1.85. The van der Waals surface area contributed by atoms with E-state index in [0.717, 1.165) is 15.1 Å². The van der Waals surface area contributed by atoms with Crippen molar-refractivity contribution in [2.24, 2.45) is 0 Å². The molecule has 2 rings (SSSR count). The minimum absolute atomic E-state index is 0.0565. The number of halogens is 1. The molecular formula is C9H10BrNO2S. The summed E-state index contributed by atoms with van der Waals surface area (Å²) in [6.07, 6.45) is 3.55. The van der Waals surface area contributed by atoms with Gasteiger partial charge < -0.3 is 9.47 Å². The SMILES string of the molecule is Brc1cncc(SCC2OCCO2)c1. The van der Waals surface area contributed by atoms with Gasteiger partial charge in [0, 0.05) is 27.5 Å². The van der Waals surface area contributed by atoms with Crippen LogP contribution in [0.25, 0.3) is 0 Å². The van der Waals surface area contributed by atoms with Gasteiger partial charge in [0.2, 0.25) is 0 Å². The lowest BCUT2D eigenvalue weighted by molar-refractivity contribution is -0.0214. The maximum Gasteiger partial charge on any atom is 0.167 e. The molecule has 1 aliphatic rings. The van der Waals surface area contributed by atoms with E-state index in [2.05, 4.69) is 20.9 Å². The van der Waals surface area contributed by atoms with E-state index in [1.165, 1.54) is 0 Å². The van der Waals surface area contributed by atoms with E-state index < -0.39 is 0 Å². The summed E-state index contributed by atoms with van der Waals surface area (Å²) in [5.74, 6) is 0.818. The average molecular weight is 276 g/mol. The highest BCUT2D eigenvalue weighted by Crippen LogP contribution is 2.23. The molecule has 1 aromatic heterocycles. The van der Waals surface area contributed by atoms with Crippen molar-refractivity contribution in [3.63, 3.8) is 0 Å². The van der Waals surface area contributed by atoms with Gasteiger partial charge >= 0.3 is 0 Å². The van der Waals surface area contributed by atoms with Crippen LogP contribution >= 0.6 is 27.7 Å². The van der Waals surface area contributed by atoms with Gasteiger partial charge in [-0.1, -0.05) is 0 Å². The van der Waals surface area contributed by atoms with Gasteiger partial charge in [0.05, 0.1) is 13.2 Å². The highest BCUT2D eigenvalue weighted by atomic mass is 79.9. The average Bonchev–Trinajstić information content (AvgIpc) is 2.67. The maximum absolute atomic E-state index is 5.33. The van der Waals surface area contributed by atoms with Crippen molar-refractivity contribution in [3.05, 3.63) is 22.9 Å². The van der Waals surface area contributed by atoms with Crippen LogP contribution in [0, 0.1) is 0 Å². The van der Waals surface area contributed by atoms with Gasteiger partial charge in [-0.2, -0.15) is 0 Å². The summed E-state index contributed by atoms with van der Waals surface area (Å²) in [5.41, 5.74) is 0. The van der Waals surface area contributed by atoms with Crippen LogP contribution in [0.4, 0.5) is 0 Å². The van der Waals surface area contributed by atoms with E-state index >= 15 is 0 Å². The molecule has 0 atom stereocenters. The van der Waals surface area contributed by atoms with Crippen molar-refractivity contribution in [3.8, 4) is 0 Å². The molecule has 1 fully saturated rings. The topological polar surface area (TPSA) is 31.4 Å². The van der Waals surface area contributed by atoms with Crippen LogP contribution in [0.3, 0.4) is 0 Å². The molecule has 1 saturated heterocycles. The second-order valence-corrected chi connectivity index (χ2v) is 4.83. The summed E-state index contributed by atoms with van der Waals surface area (Å²) in [7, 11) is 0. The Hall–Kier alpha value is -0.100. The number of aromatic nitrogens is 1. The second kappa shape index (κ2) is 5.11. The number of hydrogen-bond acceptors (Lipinski definition) is 4. The Bertz CT molecular complexity index is 305. The fourth-order valence-electron chi connectivity index (χ4n) is 1.14. The van der Waals surface area contributed by atoms with Crippen LogP contribution in [0.15, 0.2) is 27.8 Å². The summed E-state index contributed by atoms with van der Waals surface area (Å²) >= 11 is 5.07. The standard InChI is InChI=1S/C9H10BrNO2S/c10-7-3-8(5-11-4-7)14-6-9-12-1-2-13-9/h3-5,9H,1-2,6H2. The molecule has 0 saturated carbocycles.